The van der Waals surface area contributed by atoms with Crippen LogP contribution in [0.2, 0.25) is 0 Å². The molecule has 54 heavy (non-hydrogen) atoms. The molecule has 8 aromatic rings. The third-order valence-corrected chi connectivity index (χ3v) is 19.6. The molecule has 2 heterocycles. The maximum absolute atomic E-state index is 2.61. The van der Waals surface area contributed by atoms with Gasteiger partial charge in [0.25, 0.3) is 0 Å². The first kappa shape index (κ1) is 34.2. The minimum absolute atomic E-state index is 0.405. The highest BCUT2D eigenvalue weighted by Gasteiger charge is 2.44. The van der Waals surface area contributed by atoms with Gasteiger partial charge in [-0.05, 0) is 125 Å². The molecule has 0 radical (unpaired) electrons. The van der Waals surface area contributed by atoms with Crippen LogP contribution in [0.1, 0.15) is 73.6 Å². The normalized spacial score (nSPS) is 19.8. The average Bonchev–Trinajstić information content (AvgIpc) is 3.47. The molecule has 0 aliphatic carbocycles. The van der Waals surface area contributed by atoms with E-state index in [2.05, 4.69) is 166 Å². The summed E-state index contributed by atoms with van der Waals surface area (Å²) in [5.41, 5.74) is 13.9. The number of hydrogen-bond acceptors (Lipinski definition) is 0. The summed E-state index contributed by atoms with van der Waals surface area (Å²) in [4.78, 5) is 0. The Morgan fingerprint density at radius 2 is 0.907 bits per heavy atom. The maximum Gasteiger partial charge on any atom is 0.0162 e. The van der Waals surface area contributed by atoms with Crippen molar-refractivity contribution in [3.63, 3.8) is 0 Å². The monoisotopic (exact) mass is 734 g/mol. The van der Waals surface area contributed by atoms with Crippen molar-refractivity contribution in [1.82, 2.24) is 0 Å². The van der Waals surface area contributed by atoms with Gasteiger partial charge in [-0.2, -0.15) is 0 Å². The highest BCUT2D eigenvalue weighted by atomic mass is 31.1. The summed E-state index contributed by atoms with van der Waals surface area (Å²) in [5, 5.41) is 11.0. The van der Waals surface area contributed by atoms with Gasteiger partial charge in [0.1, 0.15) is 0 Å². The van der Waals surface area contributed by atoms with Gasteiger partial charge in [0.2, 0.25) is 0 Å². The smallest absolute Gasteiger partial charge is 0.0162 e. The lowest BCUT2D eigenvalue weighted by Gasteiger charge is -2.42. The molecule has 2 heteroatoms. The molecule has 8 aromatic carbocycles. The van der Waals surface area contributed by atoms with E-state index in [1.54, 1.807) is 22.3 Å². The molecule has 0 saturated carbocycles. The van der Waals surface area contributed by atoms with Gasteiger partial charge in [-0.3, -0.25) is 0 Å². The van der Waals surface area contributed by atoms with Crippen molar-refractivity contribution in [2.24, 2.45) is 0 Å². The van der Waals surface area contributed by atoms with Crippen LogP contribution in [-0.4, -0.2) is 11.8 Å². The fourth-order valence-corrected chi connectivity index (χ4v) is 17.7. The quantitative estimate of drug-likeness (QED) is 0.149. The molecule has 266 valence electrons. The number of unbranched alkanes of at least 4 members (excludes halogenated alkanes) is 1. The second kappa shape index (κ2) is 14.1. The van der Waals surface area contributed by atoms with E-state index in [0.29, 0.717) is 17.0 Å². The van der Waals surface area contributed by atoms with Crippen LogP contribution in [-0.2, 0) is 12.3 Å². The molecule has 2 aliphatic heterocycles. The Kier molecular flexibility index (Phi) is 8.90. The second-order valence-corrected chi connectivity index (χ2v) is 21.1. The van der Waals surface area contributed by atoms with Gasteiger partial charge in [0.15, 0.2) is 0 Å². The van der Waals surface area contributed by atoms with Crippen molar-refractivity contribution in [1.29, 1.82) is 0 Å². The van der Waals surface area contributed by atoms with Crippen LogP contribution in [0.15, 0.2) is 146 Å². The Bertz CT molecular complexity index is 2710. The maximum atomic E-state index is 2.61. The molecule has 0 fully saturated rings. The van der Waals surface area contributed by atoms with E-state index in [9.17, 15) is 0 Å². The van der Waals surface area contributed by atoms with Gasteiger partial charge in [-0.1, -0.05) is 189 Å². The largest absolute Gasteiger partial charge is 0.0935 e. The minimum Gasteiger partial charge on any atom is -0.0935 e. The van der Waals surface area contributed by atoms with Crippen molar-refractivity contribution in [3.8, 4) is 22.3 Å². The summed E-state index contributed by atoms with van der Waals surface area (Å²) in [6, 6.07) is 56.9. The van der Waals surface area contributed by atoms with Gasteiger partial charge < -0.3 is 0 Å². The van der Waals surface area contributed by atoms with Gasteiger partial charge >= 0.3 is 0 Å². The predicted octanol–water partition coefficient (Wildman–Crippen LogP) is 16.0. The zero-order valence-electron chi connectivity index (χ0n) is 31.7. The fourth-order valence-electron chi connectivity index (χ4n) is 10.1. The highest BCUT2D eigenvalue weighted by molar-refractivity contribution is 7.62. The molecule has 0 aromatic heterocycles. The Hall–Kier alpha value is -4.34. The van der Waals surface area contributed by atoms with Gasteiger partial charge in [-0.25, -0.2) is 0 Å². The first-order valence-corrected chi connectivity index (χ1v) is 23.6. The lowest BCUT2D eigenvalue weighted by molar-refractivity contribution is 0.814. The van der Waals surface area contributed by atoms with Crippen molar-refractivity contribution < 1.29 is 0 Å². The molecule has 0 spiro atoms. The van der Waals surface area contributed by atoms with Crippen molar-refractivity contribution >= 4 is 58.9 Å². The summed E-state index contributed by atoms with van der Waals surface area (Å²) in [6.07, 6.45) is 7.41. The highest BCUT2D eigenvalue weighted by Crippen LogP contribution is 2.75. The van der Waals surface area contributed by atoms with E-state index in [-0.39, 0.29) is 0 Å². The Balaban J connectivity index is 1.35. The number of benzene rings is 8. The van der Waals surface area contributed by atoms with E-state index in [1.807, 2.05) is 0 Å². The number of rotatable bonds is 6. The summed E-state index contributed by atoms with van der Waals surface area (Å²) in [7, 11) is -0.850. The molecule has 0 nitrogen and oxygen atoms in total. The van der Waals surface area contributed by atoms with Gasteiger partial charge in [0, 0.05) is 11.3 Å². The van der Waals surface area contributed by atoms with Crippen LogP contribution in [0.5, 0.6) is 0 Å². The summed E-state index contributed by atoms with van der Waals surface area (Å²) in [5.74, 6) is 0. The summed E-state index contributed by atoms with van der Waals surface area (Å²) in [6.45, 7) is 7.44. The van der Waals surface area contributed by atoms with Crippen molar-refractivity contribution in [3.05, 3.63) is 168 Å². The predicted molar refractivity (Wildman–Crippen MR) is 240 cm³/mol. The second-order valence-electron chi connectivity index (χ2n) is 15.8. The molecular formula is C52H48P2. The lowest BCUT2D eigenvalue weighted by Crippen LogP contribution is -2.16. The van der Waals surface area contributed by atoms with E-state index < -0.39 is 15.8 Å². The van der Waals surface area contributed by atoms with E-state index in [4.69, 9.17) is 0 Å². The molecule has 0 saturated heterocycles. The fraction of sp³-hybridized carbons (Fsp3) is 0.231. The summed E-state index contributed by atoms with van der Waals surface area (Å²) >= 11 is 0. The molecule has 0 bridgehead atoms. The Labute approximate surface area is 323 Å². The van der Waals surface area contributed by atoms with Crippen molar-refractivity contribution in [2.45, 2.75) is 69.3 Å². The van der Waals surface area contributed by atoms with Crippen molar-refractivity contribution in [2.75, 3.05) is 6.16 Å². The molecular weight excluding hydrogens is 687 g/mol. The number of fused-ring (bicyclic) bond motifs is 14. The van der Waals surface area contributed by atoms with Crippen LogP contribution in [0.25, 0.3) is 65.3 Å². The molecule has 10 rings (SSSR count). The Morgan fingerprint density at radius 1 is 0.481 bits per heavy atom. The summed E-state index contributed by atoms with van der Waals surface area (Å²) < 4.78 is 0. The van der Waals surface area contributed by atoms with Crippen LogP contribution in [0.4, 0.5) is 0 Å². The zero-order chi connectivity index (χ0) is 36.3. The van der Waals surface area contributed by atoms with Gasteiger partial charge in [0.05, 0.1) is 0 Å². The first-order valence-electron chi connectivity index (χ1n) is 20.2. The van der Waals surface area contributed by atoms with Crippen LogP contribution in [0, 0.1) is 0 Å². The van der Waals surface area contributed by atoms with E-state index >= 15 is 0 Å². The molecule has 0 amide bonds. The third kappa shape index (κ3) is 5.48. The lowest BCUT2D eigenvalue weighted by atomic mass is 9.83. The zero-order valence-corrected chi connectivity index (χ0v) is 33.5. The molecule has 1 unspecified atom stereocenters. The standard InChI is InChI=1S/C52H48P2/c1-4-6-31-53-32-39-25-23-35-15-7-11-19-41(35)47(39)49-43-21-13-9-17-37(43)27-29-45(49)51(53)52-46-30-28-38-18-10-14-22-44(38)50(46)48-40(33-54(52)34(3)5-2)26-24-36-16-8-12-20-42(36)48/h7-30,34,51-52H,4-6,31-33H2,1-3H3/t34?,51-,52-,53+,54-/m1/s1. The Morgan fingerprint density at radius 3 is 1.39 bits per heavy atom. The molecule has 5 atom stereocenters. The molecule has 0 N–H and O–H groups in total. The molecule has 2 aliphatic rings. The van der Waals surface area contributed by atoms with Crippen LogP contribution < -0.4 is 0 Å². The SMILES string of the molecule is CCCC[P@@]1Cc2ccc3ccccc3c2-c2c(ccc3ccccc23)[C@@H]1[C@H]1c2ccc3ccccc3c2-c2c(ccc3ccccc23)C[P@]1C(C)CC. The minimum atomic E-state index is -0.445. The van der Waals surface area contributed by atoms with E-state index in [0.717, 1.165) is 0 Å². The van der Waals surface area contributed by atoms with Gasteiger partial charge in [-0.15, -0.1) is 0 Å². The van der Waals surface area contributed by atoms with Crippen LogP contribution in [0.3, 0.4) is 0 Å². The number of hydrogen-bond donors (Lipinski definition) is 0. The topological polar surface area (TPSA) is 0 Å². The average molecular weight is 735 g/mol. The van der Waals surface area contributed by atoms with Crippen LogP contribution >= 0.6 is 15.8 Å². The van der Waals surface area contributed by atoms with E-state index in [1.165, 1.54) is 103 Å². The first-order chi connectivity index (χ1) is 26.6. The third-order valence-electron chi connectivity index (χ3n) is 12.8.